The summed E-state index contributed by atoms with van der Waals surface area (Å²) in [6.07, 6.45) is 4.94. The number of amides is 1. The van der Waals surface area contributed by atoms with Crippen molar-refractivity contribution in [3.63, 3.8) is 0 Å². The van der Waals surface area contributed by atoms with E-state index in [0.29, 0.717) is 10.7 Å². The van der Waals surface area contributed by atoms with Crippen LogP contribution >= 0.6 is 11.6 Å². The summed E-state index contributed by atoms with van der Waals surface area (Å²) >= 11 is 5.91. The molecule has 0 radical (unpaired) electrons. The molecule has 2 aromatic heterocycles. The molecule has 2 N–H and O–H groups in total. The third kappa shape index (κ3) is 3.25. The maximum Gasteiger partial charge on any atom is 0.248 e. The fourth-order valence-corrected chi connectivity index (χ4v) is 2.96. The van der Waals surface area contributed by atoms with Gasteiger partial charge in [0.1, 0.15) is 0 Å². The largest absolute Gasteiger partial charge is 0.353 e. The summed E-state index contributed by atoms with van der Waals surface area (Å²) in [6.45, 7) is 0. The number of hydrogen-bond donors (Lipinski definition) is 2. The number of nitrogens with one attached hydrogen (secondary N) is 2. The van der Waals surface area contributed by atoms with Gasteiger partial charge in [0.2, 0.25) is 5.91 Å². The monoisotopic (exact) mass is 347 g/mol. The first-order chi connectivity index (χ1) is 12.2. The van der Waals surface area contributed by atoms with Gasteiger partial charge < -0.3 is 10.3 Å². The number of anilines is 1. The van der Waals surface area contributed by atoms with Crippen LogP contribution in [0.25, 0.3) is 27.9 Å². The number of carbonyl (C=O) groups excluding carboxylic acids is 1. The van der Waals surface area contributed by atoms with Crippen molar-refractivity contribution < 1.29 is 4.79 Å². The van der Waals surface area contributed by atoms with Crippen LogP contribution in [-0.4, -0.2) is 15.9 Å². The van der Waals surface area contributed by atoms with Crippen LogP contribution in [0.1, 0.15) is 5.69 Å². The number of benzene rings is 2. The number of nitrogens with zero attached hydrogens (tertiary/aromatic N) is 1. The Labute approximate surface area is 149 Å². The van der Waals surface area contributed by atoms with Gasteiger partial charge in [0.15, 0.2) is 0 Å². The highest BCUT2D eigenvalue weighted by Gasteiger charge is 2.05. The number of carbonyl (C=O) groups is 1. The third-order valence-electron chi connectivity index (χ3n) is 3.91. The molecular formula is C20H14ClN3O. The lowest BCUT2D eigenvalue weighted by Crippen LogP contribution is -2.07. The summed E-state index contributed by atoms with van der Waals surface area (Å²) in [7, 11) is 0. The van der Waals surface area contributed by atoms with Crippen molar-refractivity contribution in [3.8, 4) is 0 Å². The number of pyridine rings is 1. The second kappa shape index (κ2) is 6.42. The van der Waals surface area contributed by atoms with Gasteiger partial charge in [-0.2, -0.15) is 0 Å². The smallest absolute Gasteiger partial charge is 0.248 e. The molecule has 0 saturated heterocycles. The standard InChI is InChI=1S/C20H14ClN3O/c21-13-4-3-5-15(10-13)23-20(25)9-8-14-11-17-16-6-1-2-7-18(16)24-19(17)12-22-14/h1-12,24H,(H,23,25)/b9-8+. The molecule has 4 aromatic rings. The quantitative estimate of drug-likeness (QED) is 0.511. The number of fused-ring (bicyclic) bond motifs is 3. The van der Waals surface area contributed by atoms with Crippen LogP contribution in [0.5, 0.6) is 0 Å². The molecule has 4 rings (SSSR count). The van der Waals surface area contributed by atoms with E-state index >= 15 is 0 Å². The fourth-order valence-electron chi connectivity index (χ4n) is 2.77. The predicted octanol–water partition coefficient (Wildman–Crippen LogP) is 5.02. The molecule has 25 heavy (non-hydrogen) atoms. The first-order valence-corrected chi connectivity index (χ1v) is 8.18. The van der Waals surface area contributed by atoms with Crippen LogP contribution in [-0.2, 0) is 4.79 Å². The predicted molar refractivity (Wildman–Crippen MR) is 103 cm³/mol. The van der Waals surface area contributed by atoms with Gasteiger partial charge in [-0.05, 0) is 36.4 Å². The Morgan fingerprint density at radius 1 is 1.04 bits per heavy atom. The van der Waals surface area contributed by atoms with E-state index in [1.54, 1.807) is 36.5 Å². The molecule has 5 heteroatoms. The fraction of sp³-hybridized carbons (Fsp3) is 0. The number of hydrogen-bond acceptors (Lipinski definition) is 2. The Kier molecular flexibility index (Phi) is 3.96. The van der Waals surface area contributed by atoms with E-state index in [1.165, 1.54) is 6.08 Å². The van der Waals surface area contributed by atoms with Crippen molar-refractivity contribution in [1.29, 1.82) is 0 Å². The SMILES string of the molecule is O=C(/C=C/c1cc2c(cn1)[nH]c1ccccc12)Nc1cccc(Cl)c1. The molecule has 0 fully saturated rings. The van der Waals surface area contributed by atoms with Gasteiger partial charge in [-0.15, -0.1) is 0 Å². The van der Waals surface area contributed by atoms with Gasteiger partial charge >= 0.3 is 0 Å². The Bertz CT molecular complexity index is 1110. The van der Waals surface area contributed by atoms with Crippen molar-refractivity contribution in [3.05, 3.63) is 77.6 Å². The van der Waals surface area contributed by atoms with E-state index in [-0.39, 0.29) is 5.91 Å². The second-order valence-electron chi connectivity index (χ2n) is 5.66. The minimum atomic E-state index is -0.233. The normalized spacial score (nSPS) is 11.4. The molecule has 0 bridgehead atoms. The van der Waals surface area contributed by atoms with Gasteiger partial charge in [0.25, 0.3) is 0 Å². The molecule has 0 spiro atoms. The molecule has 0 saturated carbocycles. The van der Waals surface area contributed by atoms with Crippen molar-refractivity contribution in [1.82, 2.24) is 9.97 Å². The molecular weight excluding hydrogens is 334 g/mol. The van der Waals surface area contributed by atoms with Crippen molar-refractivity contribution in [2.24, 2.45) is 0 Å². The van der Waals surface area contributed by atoms with Crippen molar-refractivity contribution in [2.75, 3.05) is 5.32 Å². The number of halogens is 1. The number of rotatable bonds is 3. The van der Waals surface area contributed by atoms with Gasteiger partial charge in [-0.25, -0.2) is 0 Å². The minimum absolute atomic E-state index is 0.233. The maximum atomic E-state index is 12.0. The molecule has 0 aliphatic heterocycles. The highest BCUT2D eigenvalue weighted by Crippen LogP contribution is 2.25. The molecule has 0 aliphatic carbocycles. The lowest BCUT2D eigenvalue weighted by molar-refractivity contribution is -0.111. The molecule has 2 heterocycles. The average Bonchev–Trinajstić information content (AvgIpc) is 2.98. The van der Waals surface area contributed by atoms with Crippen molar-refractivity contribution >= 4 is 51.1 Å². The van der Waals surface area contributed by atoms with Crippen LogP contribution in [0.15, 0.2) is 66.9 Å². The second-order valence-corrected chi connectivity index (χ2v) is 6.09. The first-order valence-electron chi connectivity index (χ1n) is 7.80. The van der Waals surface area contributed by atoms with E-state index in [2.05, 4.69) is 21.4 Å². The molecule has 122 valence electrons. The average molecular weight is 348 g/mol. The Hall–Kier alpha value is -3.11. The Balaban J connectivity index is 1.58. The highest BCUT2D eigenvalue weighted by molar-refractivity contribution is 6.30. The first kappa shape index (κ1) is 15.4. The lowest BCUT2D eigenvalue weighted by atomic mass is 10.1. The number of para-hydroxylation sites is 1. The zero-order chi connectivity index (χ0) is 17.2. The Morgan fingerprint density at radius 2 is 1.92 bits per heavy atom. The molecule has 0 unspecified atom stereocenters. The zero-order valence-corrected chi connectivity index (χ0v) is 13.9. The minimum Gasteiger partial charge on any atom is -0.353 e. The van der Waals surface area contributed by atoms with E-state index in [4.69, 9.17) is 11.6 Å². The molecule has 0 atom stereocenters. The van der Waals surface area contributed by atoms with Crippen LogP contribution in [0.4, 0.5) is 5.69 Å². The summed E-state index contributed by atoms with van der Waals surface area (Å²) in [5.41, 5.74) is 3.42. The molecule has 2 aromatic carbocycles. The lowest BCUT2D eigenvalue weighted by Gasteiger charge is -2.02. The van der Waals surface area contributed by atoms with Gasteiger partial charge in [0.05, 0.1) is 17.4 Å². The van der Waals surface area contributed by atoms with Crippen LogP contribution < -0.4 is 5.32 Å². The van der Waals surface area contributed by atoms with Gasteiger partial charge in [-0.1, -0.05) is 35.9 Å². The Morgan fingerprint density at radius 3 is 2.80 bits per heavy atom. The van der Waals surface area contributed by atoms with Gasteiger partial charge in [-0.3, -0.25) is 9.78 Å². The van der Waals surface area contributed by atoms with E-state index in [1.807, 2.05) is 24.3 Å². The summed E-state index contributed by atoms with van der Waals surface area (Å²) in [5.74, 6) is -0.233. The van der Waals surface area contributed by atoms with Gasteiger partial charge in [0, 0.05) is 33.1 Å². The summed E-state index contributed by atoms with van der Waals surface area (Å²) in [5, 5.41) is 5.57. The number of aromatic amines is 1. The van der Waals surface area contributed by atoms with Crippen LogP contribution in [0.3, 0.4) is 0 Å². The van der Waals surface area contributed by atoms with Crippen molar-refractivity contribution in [2.45, 2.75) is 0 Å². The maximum absolute atomic E-state index is 12.0. The summed E-state index contributed by atoms with van der Waals surface area (Å²) < 4.78 is 0. The topological polar surface area (TPSA) is 57.8 Å². The van der Waals surface area contributed by atoms with Crippen LogP contribution in [0.2, 0.25) is 5.02 Å². The molecule has 0 aliphatic rings. The number of aromatic nitrogens is 2. The van der Waals surface area contributed by atoms with Crippen LogP contribution in [0, 0.1) is 0 Å². The van der Waals surface area contributed by atoms with E-state index in [9.17, 15) is 4.79 Å². The summed E-state index contributed by atoms with van der Waals surface area (Å²) in [4.78, 5) is 19.8. The molecule has 4 nitrogen and oxygen atoms in total. The number of H-pyrrole nitrogens is 1. The van der Waals surface area contributed by atoms with E-state index in [0.717, 1.165) is 27.5 Å². The third-order valence-corrected chi connectivity index (χ3v) is 4.14. The molecule has 1 amide bonds. The highest BCUT2D eigenvalue weighted by atomic mass is 35.5. The summed E-state index contributed by atoms with van der Waals surface area (Å²) in [6, 6.07) is 17.1. The zero-order valence-electron chi connectivity index (χ0n) is 13.2. The van der Waals surface area contributed by atoms with E-state index < -0.39 is 0 Å².